The second kappa shape index (κ2) is 8.99. The summed E-state index contributed by atoms with van der Waals surface area (Å²) in [7, 11) is 4.08. The number of thioether (sulfide) groups is 2. The fourth-order valence-electron chi connectivity index (χ4n) is 4.02. The molecular formula is C24H27NOS3. The average molecular weight is 442 g/mol. The maximum atomic E-state index is 12.6. The van der Waals surface area contributed by atoms with E-state index in [1.807, 2.05) is 37.6 Å². The van der Waals surface area contributed by atoms with Crippen molar-refractivity contribution in [1.29, 1.82) is 0 Å². The summed E-state index contributed by atoms with van der Waals surface area (Å²) in [5.41, 5.74) is 1.07. The molecule has 1 N–H and O–H groups in total. The molecule has 0 aliphatic carbocycles. The number of rotatable bonds is 4. The molecule has 0 unspecified atom stereocenters. The first-order valence-corrected chi connectivity index (χ1v) is 12.8. The largest absolute Gasteiger partial charge is 0.378 e. The number of fused-ring (bicyclic) bond motifs is 2. The highest BCUT2D eigenvalue weighted by molar-refractivity contribution is 8.18. The predicted molar refractivity (Wildman–Crippen MR) is 128 cm³/mol. The molecule has 29 heavy (non-hydrogen) atoms. The summed E-state index contributed by atoms with van der Waals surface area (Å²) in [6.07, 6.45) is 2.86. The quantitative estimate of drug-likeness (QED) is 0.649. The summed E-state index contributed by atoms with van der Waals surface area (Å²) in [6, 6.07) is 16.8. The first-order chi connectivity index (χ1) is 14.1. The monoisotopic (exact) mass is 441 g/mol. The summed E-state index contributed by atoms with van der Waals surface area (Å²) < 4.78 is -0.328. The lowest BCUT2D eigenvalue weighted by molar-refractivity contribution is 0.0578. The maximum absolute atomic E-state index is 12.6. The highest BCUT2D eigenvalue weighted by Crippen LogP contribution is 2.62. The van der Waals surface area contributed by atoms with E-state index in [1.165, 1.54) is 16.2 Å². The fraction of sp³-hybridized carbons (Fsp3) is 0.417. The third-order valence-electron chi connectivity index (χ3n) is 5.38. The lowest BCUT2D eigenvalue weighted by Crippen LogP contribution is -2.51. The van der Waals surface area contributed by atoms with Gasteiger partial charge in [0.15, 0.2) is 0 Å². The van der Waals surface area contributed by atoms with Gasteiger partial charge in [0.2, 0.25) is 0 Å². The Hall–Kier alpha value is -1.03. The van der Waals surface area contributed by atoms with Crippen LogP contribution in [-0.4, -0.2) is 46.2 Å². The number of nitrogens with zero attached hydrogens (tertiary/aromatic N) is 1. The van der Waals surface area contributed by atoms with Crippen molar-refractivity contribution >= 4 is 35.3 Å². The molecule has 0 amide bonds. The molecule has 2 heterocycles. The fourth-order valence-corrected chi connectivity index (χ4v) is 8.81. The second-order valence-corrected chi connectivity index (χ2v) is 11.8. The molecule has 5 heteroatoms. The van der Waals surface area contributed by atoms with Crippen molar-refractivity contribution in [3.8, 4) is 11.8 Å². The normalized spacial score (nSPS) is 19.0. The Morgan fingerprint density at radius 2 is 1.52 bits per heavy atom. The van der Waals surface area contributed by atoms with Crippen LogP contribution < -0.4 is 0 Å². The van der Waals surface area contributed by atoms with Gasteiger partial charge >= 0.3 is 0 Å². The molecule has 2 aliphatic heterocycles. The van der Waals surface area contributed by atoms with Gasteiger partial charge in [-0.25, -0.2) is 0 Å². The molecule has 0 bridgehead atoms. The van der Waals surface area contributed by atoms with E-state index in [0.29, 0.717) is 0 Å². The maximum Gasteiger partial charge on any atom is 0.140 e. The Bertz CT molecular complexity index is 879. The van der Waals surface area contributed by atoms with Crippen LogP contribution in [0.15, 0.2) is 58.3 Å². The van der Waals surface area contributed by atoms with Crippen LogP contribution >= 0.6 is 35.3 Å². The molecule has 0 saturated carbocycles. The molecule has 152 valence electrons. The van der Waals surface area contributed by atoms with Crippen LogP contribution in [0.2, 0.25) is 0 Å². The van der Waals surface area contributed by atoms with Crippen molar-refractivity contribution < 1.29 is 5.11 Å². The lowest BCUT2D eigenvalue weighted by atomic mass is 9.80. The van der Waals surface area contributed by atoms with Crippen molar-refractivity contribution in [2.75, 3.05) is 32.1 Å². The van der Waals surface area contributed by atoms with Crippen molar-refractivity contribution in [3.05, 3.63) is 59.7 Å². The third kappa shape index (κ3) is 3.98. The van der Waals surface area contributed by atoms with Crippen LogP contribution in [0.5, 0.6) is 0 Å². The minimum Gasteiger partial charge on any atom is -0.378 e. The second-order valence-electron chi connectivity index (χ2n) is 7.70. The number of aliphatic hydroxyl groups is 1. The Balaban J connectivity index is 1.78. The zero-order chi connectivity index (χ0) is 20.3. The van der Waals surface area contributed by atoms with Gasteiger partial charge in [-0.1, -0.05) is 54.1 Å². The smallest absolute Gasteiger partial charge is 0.140 e. The van der Waals surface area contributed by atoms with Gasteiger partial charge < -0.3 is 5.11 Å². The molecule has 1 fully saturated rings. The van der Waals surface area contributed by atoms with Crippen molar-refractivity contribution in [2.24, 2.45) is 0 Å². The standard InChI is InChI=1S/C24H27NOS3/c1-25(2)16-9-3-8-15-23(27-17-10-18-28-23)24(26)19-11-4-6-13-21(19)29-22-14-7-5-12-20(22)24/h4-7,11-14,26H,8,10,15-18H2,1-2H3. The average Bonchev–Trinajstić information content (AvgIpc) is 2.74. The summed E-state index contributed by atoms with van der Waals surface area (Å²) in [6.45, 7) is 0.778. The molecule has 0 aromatic heterocycles. The van der Waals surface area contributed by atoms with E-state index in [1.54, 1.807) is 11.8 Å². The summed E-state index contributed by atoms with van der Waals surface area (Å²) in [5, 5.41) is 12.6. The molecular weight excluding hydrogens is 414 g/mol. The molecule has 2 aromatic carbocycles. The van der Waals surface area contributed by atoms with E-state index in [4.69, 9.17) is 0 Å². The molecule has 2 nitrogen and oxygen atoms in total. The predicted octanol–water partition coefficient (Wildman–Crippen LogP) is 5.30. The minimum atomic E-state index is -1.02. The van der Waals surface area contributed by atoms with Crippen LogP contribution in [0.4, 0.5) is 0 Å². The Morgan fingerprint density at radius 1 is 0.931 bits per heavy atom. The van der Waals surface area contributed by atoms with Gasteiger partial charge in [0.25, 0.3) is 0 Å². The minimum absolute atomic E-state index is 0.328. The molecule has 0 atom stereocenters. The summed E-state index contributed by atoms with van der Waals surface area (Å²) >= 11 is 5.64. The van der Waals surface area contributed by atoms with E-state index >= 15 is 0 Å². The van der Waals surface area contributed by atoms with E-state index in [9.17, 15) is 5.11 Å². The number of hydrogen-bond donors (Lipinski definition) is 1. The van der Waals surface area contributed by atoms with E-state index in [0.717, 1.165) is 42.0 Å². The number of benzene rings is 2. The first-order valence-electron chi connectivity index (χ1n) is 10.0. The van der Waals surface area contributed by atoms with Gasteiger partial charge in [0.1, 0.15) is 5.60 Å². The van der Waals surface area contributed by atoms with Crippen molar-refractivity contribution in [2.45, 2.75) is 38.7 Å². The van der Waals surface area contributed by atoms with E-state index in [2.05, 4.69) is 65.3 Å². The summed E-state index contributed by atoms with van der Waals surface area (Å²) in [5.74, 6) is 8.79. The van der Waals surface area contributed by atoms with Crippen LogP contribution in [0, 0.1) is 11.8 Å². The molecule has 0 radical (unpaired) electrons. The van der Waals surface area contributed by atoms with Gasteiger partial charge in [0, 0.05) is 27.3 Å². The molecule has 2 aromatic rings. The van der Waals surface area contributed by atoms with Crippen LogP contribution in [0.25, 0.3) is 0 Å². The zero-order valence-corrected chi connectivity index (χ0v) is 19.4. The van der Waals surface area contributed by atoms with E-state index < -0.39 is 5.60 Å². The topological polar surface area (TPSA) is 23.5 Å². The molecule has 0 spiro atoms. The molecule has 2 aliphatic rings. The SMILES string of the molecule is CN(C)CC#CCCC1(C2(O)c3ccccc3Sc3ccccc32)SCCCS1. The van der Waals surface area contributed by atoms with Crippen molar-refractivity contribution in [3.63, 3.8) is 0 Å². The molecule has 4 rings (SSSR count). The van der Waals surface area contributed by atoms with Gasteiger partial charge in [-0.05, 0) is 50.6 Å². The van der Waals surface area contributed by atoms with Gasteiger partial charge in [-0.2, -0.15) is 0 Å². The highest BCUT2D eigenvalue weighted by Gasteiger charge is 2.56. The Kier molecular flexibility index (Phi) is 6.58. The van der Waals surface area contributed by atoms with Crippen LogP contribution in [-0.2, 0) is 5.60 Å². The third-order valence-corrected chi connectivity index (χ3v) is 10.2. The summed E-state index contributed by atoms with van der Waals surface area (Å²) in [4.78, 5) is 4.42. The van der Waals surface area contributed by atoms with Gasteiger partial charge in [-0.3, -0.25) is 4.90 Å². The van der Waals surface area contributed by atoms with Crippen molar-refractivity contribution in [1.82, 2.24) is 4.90 Å². The van der Waals surface area contributed by atoms with Gasteiger partial charge in [-0.15, -0.1) is 29.4 Å². The first kappa shape index (κ1) is 21.2. The molecule has 1 saturated heterocycles. The number of hydrogen-bond acceptors (Lipinski definition) is 5. The van der Waals surface area contributed by atoms with Gasteiger partial charge in [0.05, 0.1) is 10.6 Å². The van der Waals surface area contributed by atoms with E-state index in [-0.39, 0.29) is 4.08 Å². The van der Waals surface area contributed by atoms with Crippen LogP contribution in [0.3, 0.4) is 0 Å². The Morgan fingerprint density at radius 3 is 2.10 bits per heavy atom. The zero-order valence-electron chi connectivity index (χ0n) is 17.0. The lowest BCUT2D eigenvalue weighted by Gasteiger charge is -2.51. The Labute approximate surface area is 187 Å². The highest BCUT2D eigenvalue weighted by atomic mass is 32.2. The van der Waals surface area contributed by atoms with Crippen LogP contribution in [0.1, 0.15) is 30.4 Å².